The molecule has 0 amide bonds. The molecule has 2 aromatic rings. The molecule has 0 radical (unpaired) electrons. The van der Waals surface area contributed by atoms with E-state index in [1.165, 1.54) is 43.0 Å². The van der Waals surface area contributed by atoms with Crippen molar-refractivity contribution in [2.45, 2.75) is 17.9 Å². The number of hydrogen-bond acceptors (Lipinski definition) is 6. The largest absolute Gasteiger partial charge is 0.454 e. The van der Waals surface area contributed by atoms with Crippen LogP contribution in [-0.2, 0) is 19.6 Å². The van der Waals surface area contributed by atoms with E-state index in [9.17, 15) is 18.0 Å². The number of ketones is 1. The first-order valence-corrected chi connectivity index (χ1v) is 10.6. The minimum Gasteiger partial charge on any atom is -0.454 e. The van der Waals surface area contributed by atoms with Crippen LogP contribution in [0.4, 0.5) is 5.69 Å². The number of anilines is 1. The Balaban J connectivity index is 1.89. The predicted molar refractivity (Wildman–Crippen MR) is 102 cm³/mol. The first kappa shape index (κ1) is 20.0. The molecule has 26 heavy (non-hydrogen) atoms. The molecule has 0 aliphatic rings. The third kappa shape index (κ3) is 6.53. The van der Waals surface area contributed by atoms with Gasteiger partial charge < -0.3 is 4.74 Å². The molecule has 8 heteroatoms. The topological polar surface area (TPSA) is 89.5 Å². The maximum Gasteiger partial charge on any atom is 0.316 e. The Hall–Kier alpha value is -2.32. The lowest BCUT2D eigenvalue weighted by atomic mass is 10.1. The molecule has 6 nitrogen and oxygen atoms in total. The summed E-state index contributed by atoms with van der Waals surface area (Å²) < 4.78 is 29.8. The van der Waals surface area contributed by atoms with Crippen molar-refractivity contribution in [2.75, 3.05) is 16.7 Å². The van der Waals surface area contributed by atoms with Crippen molar-refractivity contribution in [3.8, 4) is 0 Å². The molecule has 0 fully saturated rings. The van der Waals surface area contributed by atoms with Crippen molar-refractivity contribution < 1.29 is 22.7 Å². The first-order valence-electron chi connectivity index (χ1n) is 7.74. The second-order valence-electron chi connectivity index (χ2n) is 5.55. The fourth-order valence-electron chi connectivity index (χ4n) is 2.10. The molecule has 1 atom stereocenters. The van der Waals surface area contributed by atoms with E-state index >= 15 is 0 Å². The van der Waals surface area contributed by atoms with Crippen molar-refractivity contribution in [3.63, 3.8) is 0 Å². The van der Waals surface area contributed by atoms with Crippen LogP contribution in [0.25, 0.3) is 0 Å². The molecule has 2 rings (SSSR count). The highest BCUT2D eigenvalue weighted by Gasteiger charge is 2.19. The predicted octanol–water partition coefficient (Wildman–Crippen LogP) is 2.96. The molecule has 0 aliphatic carbocycles. The number of sulfonamides is 1. The Morgan fingerprint density at radius 3 is 2.27 bits per heavy atom. The summed E-state index contributed by atoms with van der Waals surface area (Å²) in [4.78, 5) is 25.2. The van der Waals surface area contributed by atoms with Crippen LogP contribution >= 0.6 is 11.8 Å². The van der Waals surface area contributed by atoms with Gasteiger partial charge in [0.2, 0.25) is 15.8 Å². The molecule has 0 unspecified atom stereocenters. The van der Waals surface area contributed by atoms with Gasteiger partial charge in [-0.25, -0.2) is 8.42 Å². The summed E-state index contributed by atoms with van der Waals surface area (Å²) in [5.74, 6) is -0.720. The number of carbonyl (C=O) groups is 2. The molecule has 0 aromatic heterocycles. The summed E-state index contributed by atoms with van der Waals surface area (Å²) in [6, 6.07) is 15.3. The van der Waals surface area contributed by atoms with Gasteiger partial charge in [0, 0.05) is 16.1 Å². The van der Waals surface area contributed by atoms with E-state index in [2.05, 4.69) is 4.72 Å². The summed E-state index contributed by atoms with van der Waals surface area (Å²) in [5, 5.41) is 0. The van der Waals surface area contributed by atoms with Gasteiger partial charge in [-0.2, -0.15) is 0 Å². The van der Waals surface area contributed by atoms with Gasteiger partial charge in [-0.1, -0.05) is 18.2 Å². The number of Topliss-reactive ketones (excluding diaryl/α,β-unsaturated/α-hetero) is 1. The van der Waals surface area contributed by atoms with Gasteiger partial charge >= 0.3 is 5.97 Å². The molecule has 0 bridgehead atoms. The molecule has 0 aliphatic heterocycles. The normalized spacial score (nSPS) is 12.2. The number of ether oxygens (including phenoxy) is 1. The highest BCUT2D eigenvalue weighted by molar-refractivity contribution is 8.00. The Morgan fingerprint density at radius 1 is 1.08 bits per heavy atom. The maximum absolute atomic E-state index is 12.3. The lowest BCUT2D eigenvalue weighted by Gasteiger charge is -2.13. The third-order valence-electron chi connectivity index (χ3n) is 3.25. The van der Waals surface area contributed by atoms with Crippen LogP contribution in [0.15, 0.2) is 59.5 Å². The number of thioether (sulfide) groups is 1. The zero-order chi connectivity index (χ0) is 19.2. The summed E-state index contributed by atoms with van der Waals surface area (Å²) >= 11 is 1.33. The molecule has 1 N–H and O–H groups in total. The minimum absolute atomic E-state index is 0.110. The smallest absolute Gasteiger partial charge is 0.316 e. The van der Waals surface area contributed by atoms with Crippen molar-refractivity contribution in [2.24, 2.45) is 0 Å². The van der Waals surface area contributed by atoms with Crippen LogP contribution in [0.2, 0.25) is 0 Å². The molecule has 0 spiro atoms. The maximum atomic E-state index is 12.3. The monoisotopic (exact) mass is 393 g/mol. The average molecular weight is 393 g/mol. The van der Waals surface area contributed by atoms with Crippen LogP contribution in [-0.4, -0.2) is 38.3 Å². The van der Waals surface area contributed by atoms with E-state index in [0.29, 0.717) is 11.3 Å². The number of rotatable bonds is 8. The van der Waals surface area contributed by atoms with Crippen LogP contribution in [0, 0.1) is 0 Å². The Labute approximate surface area is 157 Å². The highest BCUT2D eigenvalue weighted by Crippen LogP contribution is 2.18. The molecular weight excluding hydrogens is 374 g/mol. The van der Waals surface area contributed by atoms with Crippen molar-refractivity contribution in [1.29, 1.82) is 0 Å². The fraction of sp³-hybridized carbons (Fsp3) is 0.222. The van der Waals surface area contributed by atoms with Gasteiger partial charge in [0.15, 0.2) is 6.10 Å². The lowest BCUT2D eigenvalue weighted by Crippen LogP contribution is -2.25. The quantitative estimate of drug-likeness (QED) is 0.421. The molecule has 2 aromatic carbocycles. The van der Waals surface area contributed by atoms with Crippen molar-refractivity contribution >= 4 is 39.2 Å². The SMILES string of the molecule is C[C@@H](OC(=O)CSc1ccccc1)C(=O)c1ccc(NS(C)(=O)=O)cc1. The first-order chi connectivity index (χ1) is 12.2. The van der Waals surface area contributed by atoms with Crippen molar-refractivity contribution in [3.05, 3.63) is 60.2 Å². The van der Waals surface area contributed by atoms with Crippen molar-refractivity contribution in [1.82, 2.24) is 0 Å². The second-order valence-corrected chi connectivity index (χ2v) is 8.35. The number of esters is 1. The Morgan fingerprint density at radius 2 is 1.69 bits per heavy atom. The molecule has 0 saturated carbocycles. The van der Waals surface area contributed by atoms with Gasteiger partial charge in [-0.15, -0.1) is 11.8 Å². The fourth-order valence-corrected chi connectivity index (χ4v) is 3.36. The number of nitrogens with one attached hydrogen (secondary N) is 1. The van der Waals surface area contributed by atoms with Crippen LogP contribution in [0.1, 0.15) is 17.3 Å². The van der Waals surface area contributed by atoms with E-state index in [1.54, 1.807) is 0 Å². The van der Waals surface area contributed by atoms with E-state index in [0.717, 1.165) is 11.2 Å². The van der Waals surface area contributed by atoms with Crippen LogP contribution in [0.5, 0.6) is 0 Å². The molecule has 138 valence electrons. The summed E-state index contributed by atoms with van der Waals surface area (Å²) in [7, 11) is -3.38. The summed E-state index contributed by atoms with van der Waals surface area (Å²) in [5.41, 5.74) is 0.688. The van der Waals surface area contributed by atoms with E-state index in [1.807, 2.05) is 30.3 Å². The number of benzene rings is 2. The van der Waals surface area contributed by atoms with Gasteiger partial charge in [0.05, 0.1) is 12.0 Å². The molecule has 0 saturated heterocycles. The highest BCUT2D eigenvalue weighted by atomic mass is 32.2. The van der Waals surface area contributed by atoms with Gasteiger partial charge in [0.25, 0.3) is 0 Å². The van der Waals surface area contributed by atoms with Gasteiger partial charge in [-0.3, -0.25) is 14.3 Å². The van der Waals surface area contributed by atoms with E-state index in [4.69, 9.17) is 4.74 Å². The zero-order valence-corrected chi connectivity index (χ0v) is 16.0. The molecule has 0 heterocycles. The zero-order valence-electron chi connectivity index (χ0n) is 14.3. The summed E-state index contributed by atoms with van der Waals surface area (Å²) in [6.45, 7) is 1.51. The minimum atomic E-state index is -3.38. The van der Waals surface area contributed by atoms with Gasteiger partial charge in [-0.05, 0) is 43.3 Å². The third-order valence-corrected chi connectivity index (χ3v) is 4.84. The average Bonchev–Trinajstić information content (AvgIpc) is 2.59. The Bertz CT molecular complexity index is 864. The second kappa shape index (κ2) is 8.86. The standard InChI is InChI=1S/C18H19NO5S2/c1-13(24-17(20)12-25-16-6-4-3-5-7-16)18(21)14-8-10-15(11-9-14)19-26(2,22)23/h3-11,13,19H,12H2,1-2H3/t13-/m1/s1. The van der Waals surface area contributed by atoms with E-state index in [-0.39, 0.29) is 11.5 Å². The van der Waals surface area contributed by atoms with Crippen LogP contribution < -0.4 is 4.72 Å². The molecular formula is C18H19NO5S2. The number of hydrogen-bond donors (Lipinski definition) is 1. The lowest BCUT2D eigenvalue weighted by molar-refractivity contribution is -0.143. The number of carbonyl (C=O) groups excluding carboxylic acids is 2. The van der Waals surface area contributed by atoms with Gasteiger partial charge in [0.1, 0.15) is 0 Å². The summed E-state index contributed by atoms with van der Waals surface area (Å²) in [6.07, 6.45) is 0.119. The Kier molecular flexibility index (Phi) is 6.82. The van der Waals surface area contributed by atoms with E-state index < -0.39 is 22.1 Å². The van der Waals surface area contributed by atoms with Crippen LogP contribution in [0.3, 0.4) is 0 Å².